The topological polar surface area (TPSA) is 80.3 Å². The zero-order valence-electron chi connectivity index (χ0n) is 19.6. The van der Waals surface area contributed by atoms with Gasteiger partial charge in [0.15, 0.2) is 0 Å². The molecule has 0 aliphatic carbocycles. The van der Waals surface area contributed by atoms with Crippen molar-refractivity contribution >= 4 is 40.5 Å². The third kappa shape index (κ3) is 5.23. The first kappa shape index (κ1) is 24.2. The molecule has 8 nitrogen and oxygen atoms in total. The van der Waals surface area contributed by atoms with Gasteiger partial charge in [-0.3, -0.25) is 9.59 Å². The zero-order valence-corrected chi connectivity index (χ0v) is 20.3. The Morgan fingerprint density at radius 3 is 2.44 bits per heavy atom. The second-order valence-corrected chi connectivity index (χ2v) is 8.48. The van der Waals surface area contributed by atoms with E-state index in [2.05, 4.69) is 10.2 Å². The number of ether oxygens (including phenoxy) is 3. The molecule has 0 aromatic heterocycles. The Bertz CT molecular complexity index is 1060. The number of anilines is 3. The average Bonchev–Trinajstić information content (AvgIpc) is 3.27. The molecule has 4 rings (SSSR count). The molecule has 0 saturated carbocycles. The van der Waals surface area contributed by atoms with Gasteiger partial charge in [-0.2, -0.15) is 0 Å². The number of halogens is 1. The van der Waals surface area contributed by atoms with Gasteiger partial charge in [0, 0.05) is 43.2 Å². The highest BCUT2D eigenvalue weighted by molar-refractivity contribution is 6.31. The molecule has 0 bridgehead atoms. The minimum Gasteiger partial charge on any atom is -0.492 e. The summed E-state index contributed by atoms with van der Waals surface area (Å²) < 4.78 is 17.3. The number of hydrogen-bond donors (Lipinski definition) is 1. The summed E-state index contributed by atoms with van der Waals surface area (Å²) in [6, 6.07) is 8.66. The van der Waals surface area contributed by atoms with Gasteiger partial charge in [-0.25, -0.2) is 0 Å². The molecule has 34 heavy (non-hydrogen) atoms. The summed E-state index contributed by atoms with van der Waals surface area (Å²) in [5, 5.41) is 3.44. The molecular formula is C25H30ClN3O5. The monoisotopic (exact) mass is 487 g/mol. The standard InChI is InChI=1S/C25H30ClN3O5/c1-3-33-22-16-21(28-10-12-32-13-11-28)23(34-4-2)15-19(22)27-25(31)18-8-7-17(26)14-20(18)29-9-5-6-24(29)30/h7-8,14-16H,3-6,9-13H2,1-2H3,(H,27,31). The van der Waals surface area contributed by atoms with Gasteiger partial charge in [-0.15, -0.1) is 0 Å². The third-order valence-electron chi connectivity index (χ3n) is 5.83. The molecule has 0 unspecified atom stereocenters. The van der Waals surface area contributed by atoms with Crippen molar-refractivity contribution < 1.29 is 23.8 Å². The second kappa shape index (κ2) is 11.0. The normalized spacial score (nSPS) is 16.0. The number of rotatable bonds is 8. The average molecular weight is 488 g/mol. The first-order chi connectivity index (χ1) is 16.5. The van der Waals surface area contributed by atoms with Gasteiger partial charge >= 0.3 is 0 Å². The smallest absolute Gasteiger partial charge is 0.257 e. The van der Waals surface area contributed by atoms with E-state index >= 15 is 0 Å². The fraction of sp³-hybridized carbons (Fsp3) is 0.440. The van der Waals surface area contributed by atoms with Crippen molar-refractivity contribution in [3.8, 4) is 11.5 Å². The molecule has 2 aromatic carbocycles. The number of carbonyl (C=O) groups is 2. The molecule has 0 atom stereocenters. The summed E-state index contributed by atoms with van der Waals surface area (Å²) in [6.45, 7) is 8.07. The van der Waals surface area contributed by atoms with E-state index in [-0.39, 0.29) is 11.8 Å². The van der Waals surface area contributed by atoms with Crippen LogP contribution in [0.4, 0.5) is 17.1 Å². The van der Waals surface area contributed by atoms with E-state index in [0.717, 1.165) is 25.2 Å². The molecule has 2 heterocycles. The van der Waals surface area contributed by atoms with Gasteiger partial charge in [0.25, 0.3) is 5.91 Å². The molecule has 2 fully saturated rings. The van der Waals surface area contributed by atoms with Crippen molar-refractivity contribution in [3.05, 3.63) is 40.9 Å². The van der Waals surface area contributed by atoms with Gasteiger partial charge in [-0.1, -0.05) is 11.6 Å². The van der Waals surface area contributed by atoms with Crippen LogP contribution in [0.2, 0.25) is 5.02 Å². The van der Waals surface area contributed by atoms with Crippen molar-refractivity contribution in [2.75, 3.05) is 61.2 Å². The van der Waals surface area contributed by atoms with E-state index in [9.17, 15) is 9.59 Å². The lowest BCUT2D eigenvalue weighted by Crippen LogP contribution is -2.36. The van der Waals surface area contributed by atoms with Gasteiger partial charge in [0.05, 0.1) is 49.1 Å². The minimum absolute atomic E-state index is 0.0141. The molecule has 0 spiro atoms. The molecule has 9 heteroatoms. The van der Waals surface area contributed by atoms with E-state index < -0.39 is 0 Å². The van der Waals surface area contributed by atoms with Crippen molar-refractivity contribution in [1.82, 2.24) is 0 Å². The van der Waals surface area contributed by atoms with Crippen LogP contribution in [0.15, 0.2) is 30.3 Å². The lowest BCUT2D eigenvalue weighted by atomic mass is 10.1. The largest absolute Gasteiger partial charge is 0.492 e. The van der Waals surface area contributed by atoms with E-state index in [1.54, 1.807) is 29.2 Å². The quantitative estimate of drug-likeness (QED) is 0.596. The lowest BCUT2D eigenvalue weighted by molar-refractivity contribution is -0.117. The highest BCUT2D eigenvalue weighted by Gasteiger charge is 2.27. The summed E-state index contributed by atoms with van der Waals surface area (Å²) >= 11 is 6.20. The van der Waals surface area contributed by atoms with E-state index in [1.165, 1.54) is 0 Å². The Labute approximate surface area is 204 Å². The zero-order chi connectivity index (χ0) is 24.1. The molecule has 0 radical (unpaired) electrons. The first-order valence-electron chi connectivity index (χ1n) is 11.7. The number of amides is 2. The van der Waals surface area contributed by atoms with Gasteiger partial charge in [0.2, 0.25) is 5.91 Å². The maximum absolute atomic E-state index is 13.4. The van der Waals surface area contributed by atoms with E-state index in [4.69, 9.17) is 25.8 Å². The van der Waals surface area contributed by atoms with Crippen molar-refractivity contribution in [2.24, 2.45) is 0 Å². The highest BCUT2D eigenvalue weighted by Crippen LogP contribution is 2.40. The van der Waals surface area contributed by atoms with E-state index in [1.807, 2.05) is 19.9 Å². The van der Waals surface area contributed by atoms with Crippen LogP contribution < -0.4 is 24.6 Å². The summed E-state index contributed by atoms with van der Waals surface area (Å²) in [5.74, 6) is 0.844. The predicted molar refractivity (Wildman–Crippen MR) is 133 cm³/mol. The summed E-state index contributed by atoms with van der Waals surface area (Å²) in [4.78, 5) is 29.6. The van der Waals surface area contributed by atoms with Gasteiger partial charge in [0.1, 0.15) is 11.5 Å². The van der Waals surface area contributed by atoms with Crippen molar-refractivity contribution in [1.29, 1.82) is 0 Å². The Morgan fingerprint density at radius 1 is 1.03 bits per heavy atom. The third-order valence-corrected chi connectivity index (χ3v) is 6.06. The Kier molecular flexibility index (Phi) is 7.80. The minimum atomic E-state index is -0.353. The Balaban J connectivity index is 1.68. The van der Waals surface area contributed by atoms with Crippen LogP contribution in [0.25, 0.3) is 0 Å². The SMILES string of the molecule is CCOc1cc(N2CCOCC2)c(OCC)cc1NC(=O)c1ccc(Cl)cc1N1CCCC1=O. The first-order valence-corrected chi connectivity index (χ1v) is 12.1. The number of morpholine rings is 1. The molecule has 2 saturated heterocycles. The molecule has 182 valence electrons. The molecular weight excluding hydrogens is 458 g/mol. The summed E-state index contributed by atoms with van der Waals surface area (Å²) in [7, 11) is 0. The number of benzene rings is 2. The number of nitrogens with one attached hydrogen (secondary N) is 1. The maximum atomic E-state index is 13.4. The van der Waals surface area contributed by atoms with Crippen LogP contribution in [0.5, 0.6) is 11.5 Å². The van der Waals surface area contributed by atoms with Crippen molar-refractivity contribution in [2.45, 2.75) is 26.7 Å². The lowest BCUT2D eigenvalue weighted by Gasteiger charge is -2.31. The maximum Gasteiger partial charge on any atom is 0.257 e. The number of carbonyl (C=O) groups excluding carboxylic acids is 2. The fourth-order valence-electron chi connectivity index (χ4n) is 4.26. The van der Waals surface area contributed by atoms with E-state index in [0.29, 0.717) is 72.9 Å². The highest BCUT2D eigenvalue weighted by atomic mass is 35.5. The van der Waals surface area contributed by atoms with Crippen LogP contribution in [0.3, 0.4) is 0 Å². The molecule has 2 amide bonds. The fourth-order valence-corrected chi connectivity index (χ4v) is 4.42. The molecule has 2 aromatic rings. The van der Waals surface area contributed by atoms with Crippen molar-refractivity contribution in [3.63, 3.8) is 0 Å². The van der Waals surface area contributed by atoms with Gasteiger partial charge < -0.3 is 29.3 Å². The summed E-state index contributed by atoms with van der Waals surface area (Å²) in [6.07, 6.45) is 1.21. The number of nitrogens with zero attached hydrogens (tertiary/aromatic N) is 2. The van der Waals surface area contributed by atoms with Crippen LogP contribution >= 0.6 is 11.6 Å². The van der Waals surface area contributed by atoms with Crippen LogP contribution in [-0.4, -0.2) is 57.9 Å². The van der Waals surface area contributed by atoms with Crippen LogP contribution in [-0.2, 0) is 9.53 Å². The van der Waals surface area contributed by atoms with Crippen LogP contribution in [0, 0.1) is 0 Å². The Morgan fingerprint density at radius 2 is 1.76 bits per heavy atom. The molecule has 2 aliphatic heterocycles. The molecule has 1 N–H and O–H groups in total. The second-order valence-electron chi connectivity index (χ2n) is 8.05. The predicted octanol–water partition coefficient (Wildman–Crippen LogP) is 4.35. The van der Waals surface area contributed by atoms with Crippen LogP contribution in [0.1, 0.15) is 37.0 Å². The van der Waals surface area contributed by atoms with Gasteiger partial charge in [-0.05, 0) is 38.5 Å². The molecule has 2 aliphatic rings. The Hall–Kier alpha value is -2.97. The summed E-state index contributed by atoms with van der Waals surface area (Å²) in [5.41, 5.74) is 2.29. The number of hydrogen-bond acceptors (Lipinski definition) is 6.